The molecule has 144 valence electrons. The summed E-state index contributed by atoms with van der Waals surface area (Å²) in [5.41, 5.74) is 3.61. The standard InChI is InChI=1S/C18H21N3O4S2/c1-13-7-9-14(10-8-13)18-12-17(19-21(18)27(3,24)25)15-5-4-6-16(11-15)20-26(2,22)23/h4-11,18,20H,12H2,1-3H3/t18-/m0/s1. The molecule has 0 radical (unpaired) electrons. The first kappa shape index (κ1) is 19.4. The SMILES string of the molecule is Cc1ccc([C@@H]2CC(c3cccc(NS(C)(=O)=O)c3)=NN2S(C)(=O)=O)cc1. The number of hydrazone groups is 1. The fourth-order valence-electron chi connectivity index (χ4n) is 2.98. The molecule has 2 aromatic carbocycles. The van der Waals surface area contributed by atoms with Gasteiger partial charge >= 0.3 is 0 Å². The van der Waals surface area contributed by atoms with Crippen LogP contribution >= 0.6 is 0 Å². The highest BCUT2D eigenvalue weighted by Crippen LogP contribution is 2.35. The number of benzene rings is 2. The Morgan fingerprint density at radius 2 is 1.70 bits per heavy atom. The van der Waals surface area contributed by atoms with E-state index in [9.17, 15) is 16.8 Å². The molecule has 7 nitrogen and oxygen atoms in total. The first-order chi connectivity index (χ1) is 12.5. The Balaban J connectivity index is 1.97. The molecule has 1 aliphatic rings. The third-order valence-electron chi connectivity index (χ3n) is 4.17. The van der Waals surface area contributed by atoms with Crippen LogP contribution in [0.15, 0.2) is 53.6 Å². The normalized spacial score (nSPS) is 17.7. The Kier molecular flexibility index (Phi) is 5.00. The summed E-state index contributed by atoms with van der Waals surface area (Å²) < 4.78 is 50.9. The van der Waals surface area contributed by atoms with Gasteiger partial charge in [0.2, 0.25) is 20.0 Å². The third kappa shape index (κ3) is 4.67. The van der Waals surface area contributed by atoms with Gasteiger partial charge in [0.25, 0.3) is 0 Å². The molecule has 1 heterocycles. The molecule has 0 fully saturated rings. The van der Waals surface area contributed by atoms with E-state index in [0.29, 0.717) is 23.4 Å². The van der Waals surface area contributed by atoms with Crippen LogP contribution in [0.25, 0.3) is 0 Å². The average molecular weight is 408 g/mol. The van der Waals surface area contributed by atoms with E-state index in [4.69, 9.17) is 0 Å². The van der Waals surface area contributed by atoms with Gasteiger partial charge in [-0.2, -0.15) is 9.52 Å². The molecule has 0 unspecified atom stereocenters. The van der Waals surface area contributed by atoms with Gasteiger partial charge in [-0.3, -0.25) is 4.72 Å². The van der Waals surface area contributed by atoms with E-state index in [1.807, 2.05) is 31.2 Å². The molecular formula is C18H21N3O4S2. The molecule has 3 rings (SSSR count). The average Bonchev–Trinajstić information content (AvgIpc) is 3.00. The zero-order valence-corrected chi connectivity index (χ0v) is 16.9. The number of sulfonamides is 2. The summed E-state index contributed by atoms with van der Waals surface area (Å²) in [5, 5.41) is 4.33. The number of aryl methyl sites for hydroxylation is 1. The van der Waals surface area contributed by atoms with E-state index in [1.54, 1.807) is 24.3 Å². The van der Waals surface area contributed by atoms with E-state index in [0.717, 1.165) is 28.1 Å². The van der Waals surface area contributed by atoms with Crippen molar-refractivity contribution in [1.82, 2.24) is 4.41 Å². The van der Waals surface area contributed by atoms with E-state index in [2.05, 4.69) is 9.82 Å². The van der Waals surface area contributed by atoms with Crippen LogP contribution in [-0.4, -0.2) is 39.5 Å². The van der Waals surface area contributed by atoms with Gasteiger partial charge in [0.1, 0.15) is 0 Å². The summed E-state index contributed by atoms with van der Waals surface area (Å²) >= 11 is 0. The van der Waals surface area contributed by atoms with Crippen LogP contribution in [0.5, 0.6) is 0 Å². The van der Waals surface area contributed by atoms with Gasteiger partial charge in [-0.15, -0.1) is 0 Å². The summed E-state index contributed by atoms with van der Waals surface area (Å²) in [4.78, 5) is 0. The number of anilines is 1. The summed E-state index contributed by atoms with van der Waals surface area (Å²) in [5.74, 6) is 0. The van der Waals surface area contributed by atoms with E-state index >= 15 is 0 Å². The van der Waals surface area contributed by atoms with Gasteiger partial charge in [0.05, 0.1) is 24.3 Å². The van der Waals surface area contributed by atoms with Crippen molar-refractivity contribution in [3.8, 4) is 0 Å². The second kappa shape index (κ2) is 6.97. The van der Waals surface area contributed by atoms with Gasteiger partial charge in [-0.05, 0) is 30.2 Å². The fraction of sp³-hybridized carbons (Fsp3) is 0.278. The highest BCUT2D eigenvalue weighted by Gasteiger charge is 2.34. The molecule has 0 amide bonds. The smallest absolute Gasteiger partial charge is 0.247 e. The topological polar surface area (TPSA) is 95.9 Å². The lowest BCUT2D eigenvalue weighted by molar-refractivity contribution is 0.375. The lowest BCUT2D eigenvalue weighted by Crippen LogP contribution is -2.25. The van der Waals surface area contributed by atoms with Gasteiger partial charge in [0.15, 0.2) is 0 Å². The molecule has 0 saturated carbocycles. The number of hydrogen-bond acceptors (Lipinski definition) is 5. The van der Waals surface area contributed by atoms with Gasteiger partial charge in [0, 0.05) is 12.1 Å². The molecule has 2 aromatic rings. The highest BCUT2D eigenvalue weighted by atomic mass is 32.2. The van der Waals surface area contributed by atoms with E-state index in [1.165, 1.54) is 0 Å². The summed E-state index contributed by atoms with van der Waals surface area (Å²) in [6, 6.07) is 14.0. The summed E-state index contributed by atoms with van der Waals surface area (Å²) in [6.07, 6.45) is 2.60. The highest BCUT2D eigenvalue weighted by molar-refractivity contribution is 7.92. The molecule has 1 aliphatic heterocycles. The predicted molar refractivity (Wildman–Crippen MR) is 107 cm³/mol. The van der Waals surface area contributed by atoms with Crippen molar-refractivity contribution in [2.75, 3.05) is 17.2 Å². The van der Waals surface area contributed by atoms with Gasteiger partial charge < -0.3 is 0 Å². The Hall–Kier alpha value is -2.39. The second-order valence-electron chi connectivity index (χ2n) is 6.67. The van der Waals surface area contributed by atoms with Gasteiger partial charge in [-0.25, -0.2) is 16.8 Å². The molecule has 0 aromatic heterocycles. The maximum Gasteiger partial charge on any atom is 0.247 e. The van der Waals surface area contributed by atoms with Crippen LogP contribution in [0, 0.1) is 6.92 Å². The van der Waals surface area contributed by atoms with E-state index in [-0.39, 0.29) is 0 Å². The maximum absolute atomic E-state index is 12.2. The zero-order chi connectivity index (χ0) is 19.8. The third-order valence-corrected chi connectivity index (χ3v) is 5.80. The van der Waals surface area contributed by atoms with Crippen LogP contribution < -0.4 is 4.72 Å². The quantitative estimate of drug-likeness (QED) is 0.824. The molecule has 0 spiro atoms. The first-order valence-corrected chi connectivity index (χ1v) is 12.0. The van der Waals surface area contributed by atoms with Crippen LogP contribution in [0.1, 0.15) is 29.2 Å². The maximum atomic E-state index is 12.2. The number of hydrogen-bond donors (Lipinski definition) is 1. The molecule has 27 heavy (non-hydrogen) atoms. The van der Waals surface area contributed by atoms with E-state index < -0.39 is 26.1 Å². The van der Waals surface area contributed by atoms with Crippen molar-refractivity contribution >= 4 is 31.4 Å². The molecular weight excluding hydrogens is 386 g/mol. The Morgan fingerprint density at radius 1 is 1.04 bits per heavy atom. The van der Waals surface area contributed by atoms with Crippen LogP contribution in [0.2, 0.25) is 0 Å². The molecule has 1 N–H and O–H groups in total. The minimum atomic E-state index is -3.56. The number of nitrogens with one attached hydrogen (secondary N) is 1. The Morgan fingerprint density at radius 3 is 2.30 bits per heavy atom. The van der Waals surface area contributed by atoms with Crippen molar-refractivity contribution < 1.29 is 16.8 Å². The summed E-state index contributed by atoms with van der Waals surface area (Å²) in [6.45, 7) is 1.97. The lowest BCUT2D eigenvalue weighted by atomic mass is 9.98. The van der Waals surface area contributed by atoms with Crippen LogP contribution in [0.4, 0.5) is 5.69 Å². The first-order valence-electron chi connectivity index (χ1n) is 8.24. The van der Waals surface area contributed by atoms with Crippen LogP contribution in [-0.2, 0) is 20.0 Å². The molecule has 0 bridgehead atoms. The van der Waals surface area contributed by atoms with Gasteiger partial charge in [-0.1, -0.05) is 42.0 Å². The number of rotatable bonds is 5. The second-order valence-corrected chi connectivity index (χ2v) is 10.3. The monoisotopic (exact) mass is 407 g/mol. The number of nitrogens with zero attached hydrogens (tertiary/aromatic N) is 2. The molecule has 0 aliphatic carbocycles. The zero-order valence-electron chi connectivity index (χ0n) is 15.2. The van der Waals surface area contributed by atoms with Crippen LogP contribution in [0.3, 0.4) is 0 Å². The Labute approximate surface area is 159 Å². The molecule has 1 atom stereocenters. The van der Waals surface area contributed by atoms with Crippen molar-refractivity contribution in [1.29, 1.82) is 0 Å². The minimum absolute atomic E-state index is 0.401. The largest absolute Gasteiger partial charge is 0.284 e. The molecule has 9 heteroatoms. The summed E-state index contributed by atoms with van der Waals surface area (Å²) in [7, 11) is -6.96. The fourth-order valence-corrected chi connectivity index (χ4v) is 4.44. The molecule has 0 saturated heterocycles. The lowest BCUT2D eigenvalue weighted by Gasteiger charge is -2.21. The van der Waals surface area contributed by atoms with Crippen molar-refractivity contribution in [2.24, 2.45) is 5.10 Å². The van der Waals surface area contributed by atoms with Crippen molar-refractivity contribution in [3.63, 3.8) is 0 Å². The Bertz CT molecular complexity index is 1090. The predicted octanol–water partition coefficient (Wildman–Crippen LogP) is 2.48. The minimum Gasteiger partial charge on any atom is -0.284 e. The van der Waals surface area contributed by atoms with Crippen molar-refractivity contribution in [3.05, 3.63) is 65.2 Å². The van der Waals surface area contributed by atoms with Crippen molar-refractivity contribution in [2.45, 2.75) is 19.4 Å².